The minimum absolute atomic E-state index is 0.227. The van der Waals surface area contributed by atoms with E-state index in [4.69, 9.17) is 13.9 Å². The molecule has 2 amide bonds. The van der Waals surface area contributed by atoms with Crippen molar-refractivity contribution in [2.75, 3.05) is 19.5 Å². The molecular weight excluding hydrogens is 360 g/mol. The molecule has 144 valence electrons. The third kappa shape index (κ3) is 4.70. The smallest absolute Gasteiger partial charge is 0.291 e. The lowest BCUT2D eigenvalue weighted by Gasteiger charge is -2.10. The van der Waals surface area contributed by atoms with Crippen LogP contribution in [0.3, 0.4) is 0 Å². The minimum Gasteiger partial charge on any atom is -0.497 e. The Morgan fingerprint density at radius 3 is 2.32 bits per heavy atom. The van der Waals surface area contributed by atoms with Crippen molar-refractivity contribution in [1.29, 1.82) is 0 Å². The molecule has 0 bridgehead atoms. The standard InChI is InChI=1S/C21H20N2O5/c1-26-17-10-15(11-18(12-17)27-2)20(24)22-13-14-5-3-6-16(9-14)23-21(25)19-7-4-8-28-19/h3-12H,13H2,1-2H3,(H,22,24)(H,23,25). The van der Waals surface area contributed by atoms with Gasteiger partial charge in [0.05, 0.1) is 20.5 Å². The number of nitrogens with one attached hydrogen (secondary N) is 2. The van der Waals surface area contributed by atoms with Crippen molar-refractivity contribution in [2.45, 2.75) is 6.54 Å². The average Bonchev–Trinajstić information content (AvgIpc) is 3.27. The molecule has 7 heteroatoms. The maximum absolute atomic E-state index is 12.5. The Balaban J connectivity index is 1.64. The van der Waals surface area contributed by atoms with Crippen LogP contribution in [-0.2, 0) is 6.54 Å². The molecular formula is C21H20N2O5. The maximum atomic E-state index is 12.5. The number of hydrogen-bond donors (Lipinski definition) is 2. The summed E-state index contributed by atoms with van der Waals surface area (Å²) in [7, 11) is 3.05. The number of methoxy groups -OCH3 is 2. The monoisotopic (exact) mass is 380 g/mol. The Kier molecular flexibility index (Phi) is 5.96. The number of rotatable bonds is 7. The molecule has 0 radical (unpaired) electrons. The number of hydrogen-bond acceptors (Lipinski definition) is 5. The van der Waals surface area contributed by atoms with Gasteiger partial charge in [-0.05, 0) is 42.0 Å². The Bertz CT molecular complexity index is 944. The van der Waals surface area contributed by atoms with Crippen LogP contribution in [0.15, 0.2) is 65.3 Å². The molecule has 0 unspecified atom stereocenters. The van der Waals surface area contributed by atoms with E-state index in [0.29, 0.717) is 29.3 Å². The fraction of sp³-hybridized carbons (Fsp3) is 0.143. The van der Waals surface area contributed by atoms with Gasteiger partial charge in [-0.2, -0.15) is 0 Å². The van der Waals surface area contributed by atoms with Gasteiger partial charge in [0, 0.05) is 23.9 Å². The Morgan fingerprint density at radius 1 is 0.929 bits per heavy atom. The molecule has 0 aliphatic heterocycles. The zero-order chi connectivity index (χ0) is 19.9. The summed E-state index contributed by atoms with van der Waals surface area (Å²) >= 11 is 0. The second kappa shape index (κ2) is 8.77. The van der Waals surface area contributed by atoms with Crippen molar-refractivity contribution in [2.24, 2.45) is 0 Å². The van der Waals surface area contributed by atoms with E-state index < -0.39 is 0 Å². The largest absolute Gasteiger partial charge is 0.497 e. The third-order valence-electron chi connectivity index (χ3n) is 4.00. The predicted octanol–water partition coefficient (Wildman–Crippen LogP) is 3.48. The summed E-state index contributed by atoms with van der Waals surface area (Å²) in [6.45, 7) is 0.294. The highest BCUT2D eigenvalue weighted by Gasteiger charge is 2.11. The van der Waals surface area contributed by atoms with Crippen molar-refractivity contribution in [3.8, 4) is 11.5 Å². The molecule has 0 atom stereocenters. The third-order valence-corrected chi connectivity index (χ3v) is 4.00. The molecule has 0 saturated carbocycles. The van der Waals surface area contributed by atoms with Gasteiger partial charge in [-0.15, -0.1) is 0 Å². The van der Waals surface area contributed by atoms with Gasteiger partial charge in [-0.1, -0.05) is 12.1 Å². The van der Waals surface area contributed by atoms with Gasteiger partial charge in [-0.25, -0.2) is 0 Å². The van der Waals surface area contributed by atoms with Crippen LogP contribution in [0.2, 0.25) is 0 Å². The quantitative estimate of drug-likeness (QED) is 0.655. The summed E-state index contributed by atoms with van der Waals surface area (Å²) in [5.41, 5.74) is 1.87. The molecule has 2 aromatic carbocycles. The molecule has 0 aliphatic carbocycles. The van der Waals surface area contributed by atoms with Gasteiger partial charge in [0.2, 0.25) is 0 Å². The molecule has 0 fully saturated rings. The first-order valence-corrected chi connectivity index (χ1v) is 8.54. The lowest BCUT2D eigenvalue weighted by atomic mass is 10.1. The topological polar surface area (TPSA) is 89.8 Å². The second-order valence-electron chi connectivity index (χ2n) is 5.92. The van der Waals surface area contributed by atoms with Crippen molar-refractivity contribution in [1.82, 2.24) is 5.32 Å². The summed E-state index contributed by atoms with van der Waals surface area (Å²) in [6, 6.07) is 15.4. The average molecular weight is 380 g/mol. The Hall–Kier alpha value is -3.74. The highest BCUT2D eigenvalue weighted by atomic mass is 16.5. The molecule has 1 heterocycles. The summed E-state index contributed by atoms with van der Waals surface area (Å²) in [6.07, 6.45) is 1.44. The second-order valence-corrected chi connectivity index (χ2v) is 5.92. The Labute approximate surface area is 162 Å². The molecule has 1 aromatic heterocycles. The lowest BCUT2D eigenvalue weighted by molar-refractivity contribution is 0.0948. The minimum atomic E-state index is -0.338. The lowest BCUT2D eigenvalue weighted by Crippen LogP contribution is -2.23. The molecule has 28 heavy (non-hydrogen) atoms. The van der Waals surface area contributed by atoms with Crippen LogP contribution in [0.1, 0.15) is 26.5 Å². The maximum Gasteiger partial charge on any atom is 0.291 e. The summed E-state index contributed by atoms with van der Waals surface area (Å²) in [5, 5.41) is 5.60. The van der Waals surface area contributed by atoms with Crippen molar-refractivity contribution >= 4 is 17.5 Å². The first-order valence-electron chi connectivity index (χ1n) is 8.54. The fourth-order valence-corrected chi connectivity index (χ4v) is 2.58. The highest BCUT2D eigenvalue weighted by molar-refractivity contribution is 6.02. The van der Waals surface area contributed by atoms with Gasteiger partial charge in [0.25, 0.3) is 11.8 Å². The summed E-state index contributed by atoms with van der Waals surface area (Å²) in [4.78, 5) is 24.5. The van der Waals surface area contributed by atoms with Gasteiger partial charge in [-0.3, -0.25) is 9.59 Å². The zero-order valence-electron chi connectivity index (χ0n) is 15.5. The van der Waals surface area contributed by atoms with E-state index in [9.17, 15) is 9.59 Å². The zero-order valence-corrected chi connectivity index (χ0v) is 15.5. The van der Waals surface area contributed by atoms with Gasteiger partial charge in [0.1, 0.15) is 11.5 Å². The van der Waals surface area contributed by atoms with Crippen molar-refractivity contribution in [3.63, 3.8) is 0 Å². The van der Waals surface area contributed by atoms with Gasteiger partial charge < -0.3 is 24.5 Å². The van der Waals surface area contributed by atoms with Crippen molar-refractivity contribution < 1.29 is 23.5 Å². The molecule has 3 aromatic rings. The normalized spacial score (nSPS) is 10.2. The molecule has 2 N–H and O–H groups in total. The number of amides is 2. The van der Waals surface area contributed by atoms with Crippen LogP contribution in [0.5, 0.6) is 11.5 Å². The molecule has 0 spiro atoms. The first kappa shape index (κ1) is 19.0. The number of anilines is 1. The van der Waals surface area contributed by atoms with Crippen LogP contribution < -0.4 is 20.1 Å². The van der Waals surface area contributed by atoms with Crippen LogP contribution in [-0.4, -0.2) is 26.0 Å². The van der Waals surface area contributed by atoms with E-state index in [0.717, 1.165) is 5.56 Å². The van der Waals surface area contributed by atoms with E-state index in [-0.39, 0.29) is 17.6 Å². The van der Waals surface area contributed by atoms with E-state index in [1.807, 2.05) is 6.07 Å². The SMILES string of the molecule is COc1cc(OC)cc(C(=O)NCc2cccc(NC(=O)c3ccco3)c2)c1. The van der Waals surface area contributed by atoms with Crippen LogP contribution in [0.25, 0.3) is 0 Å². The number of benzene rings is 2. The fourth-order valence-electron chi connectivity index (χ4n) is 2.58. The van der Waals surface area contributed by atoms with E-state index in [1.165, 1.54) is 20.5 Å². The predicted molar refractivity (Wildman–Crippen MR) is 104 cm³/mol. The van der Waals surface area contributed by atoms with Crippen LogP contribution in [0.4, 0.5) is 5.69 Å². The first-order chi connectivity index (χ1) is 13.6. The van der Waals surface area contributed by atoms with E-state index in [1.54, 1.807) is 48.5 Å². The number of carbonyl (C=O) groups is 2. The van der Waals surface area contributed by atoms with Gasteiger partial charge in [0.15, 0.2) is 5.76 Å². The summed E-state index contributed by atoms with van der Waals surface area (Å²) in [5.74, 6) is 0.696. The molecule has 0 saturated heterocycles. The van der Waals surface area contributed by atoms with Crippen molar-refractivity contribution in [3.05, 3.63) is 77.7 Å². The van der Waals surface area contributed by atoms with Crippen LogP contribution in [0, 0.1) is 0 Å². The van der Waals surface area contributed by atoms with E-state index in [2.05, 4.69) is 10.6 Å². The number of carbonyl (C=O) groups excluding carboxylic acids is 2. The highest BCUT2D eigenvalue weighted by Crippen LogP contribution is 2.22. The van der Waals surface area contributed by atoms with E-state index >= 15 is 0 Å². The number of furan rings is 1. The number of ether oxygens (including phenoxy) is 2. The molecule has 7 nitrogen and oxygen atoms in total. The Morgan fingerprint density at radius 2 is 1.68 bits per heavy atom. The van der Waals surface area contributed by atoms with Crippen LogP contribution >= 0.6 is 0 Å². The van der Waals surface area contributed by atoms with Gasteiger partial charge >= 0.3 is 0 Å². The molecule has 3 rings (SSSR count). The molecule has 0 aliphatic rings. The summed E-state index contributed by atoms with van der Waals surface area (Å²) < 4.78 is 15.4.